The quantitative estimate of drug-likeness (QED) is 0.490. The fraction of sp³-hybridized carbons (Fsp3) is 0.133. The molecule has 8 nitrogen and oxygen atoms in total. The van der Waals surface area contributed by atoms with E-state index in [0.29, 0.717) is 0 Å². The van der Waals surface area contributed by atoms with Crippen molar-refractivity contribution in [3.63, 3.8) is 0 Å². The molecule has 0 saturated heterocycles. The molecular weight excluding hydrogens is 332 g/mol. The number of hydrogen-bond acceptors (Lipinski definition) is 6. The molecule has 0 aliphatic carbocycles. The zero-order chi connectivity index (χ0) is 17.7. The molecule has 2 aromatic carbocycles. The largest absolute Gasteiger partial charge is 0.277 e. The van der Waals surface area contributed by atoms with Crippen molar-refractivity contribution in [2.45, 2.75) is 4.90 Å². The van der Waals surface area contributed by atoms with Crippen molar-refractivity contribution in [3.8, 4) is 0 Å². The molecule has 1 N–H and O–H groups in total. The first kappa shape index (κ1) is 17.6. The number of sulfonamides is 1. The van der Waals surface area contributed by atoms with Gasteiger partial charge in [0.1, 0.15) is 4.90 Å². The SMILES string of the molecule is CN(C)S(=O)(=O)c1cc([N+](=O)[O-])ccc1N/N=C\c1ccccc1. The Morgan fingerprint density at radius 1 is 1.17 bits per heavy atom. The van der Waals surface area contributed by atoms with Gasteiger partial charge in [-0.15, -0.1) is 0 Å². The van der Waals surface area contributed by atoms with Gasteiger partial charge in [0, 0.05) is 26.2 Å². The molecule has 2 rings (SSSR count). The molecule has 0 fully saturated rings. The van der Waals surface area contributed by atoms with Gasteiger partial charge in [-0.25, -0.2) is 12.7 Å². The first-order valence-corrected chi connectivity index (χ1v) is 8.31. The third kappa shape index (κ3) is 3.94. The summed E-state index contributed by atoms with van der Waals surface area (Å²) in [6.07, 6.45) is 1.52. The number of nitro benzene ring substituents is 1. The van der Waals surface area contributed by atoms with Gasteiger partial charge in [0.25, 0.3) is 5.69 Å². The van der Waals surface area contributed by atoms with E-state index in [2.05, 4.69) is 10.5 Å². The van der Waals surface area contributed by atoms with Gasteiger partial charge in [-0.3, -0.25) is 15.5 Å². The highest BCUT2D eigenvalue weighted by Crippen LogP contribution is 2.28. The second-order valence-corrected chi connectivity index (χ2v) is 7.13. The Balaban J connectivity index is 2.39. The van der Waals surface area contributed by atoms with Crippen LogP contribution in [0.25, 0.3) is 0 Å². The standard InChI is InChI=1S/C15H16N4O4S/c1-18(2)24(22,23)15-10-13(19(20)21)8-9-14(15)17-16-11-12-6-4-3-5-7-12/h3-11,17H,1-2H3/b16-11-. The lowest BCUT2D eigenvalue weighted by Gasteiger charge is -2.14. The number of hydrazone groups is 1. The highest BCUT2D eigenvalue weighted by Gasteiger charge is 2.24. The maximum atomic E-state index is 12.4. The van der Waals surface area contributed by atoms with Crippen LogP contribution in [0.1, 0.15) is 5.56 Å². The van der Waals surface area contributed by atoms with E-state index in [1.165, 1.54) is 32.4 Å². The molecule has 0 radical (unpaired) electrons. The van der Waals surface area contributed by atoms with Crippen LogP contribution in [0.2, 0.25) is 0 Å². The predicted octanol–water partition coefficient (Wildman–Crippen LogP) is 2.29. The molecule has 0 amide bonds. The minimum atomic E-state index is -3.87. The van der Waals surface area contributed by atoms with Gasteiger partial charge in [-0.05, 0) is 11.6 Å². The molecule has 0 unspecified atom stereocenters. The molecule has 24 heavy (non-hydrogen) atoms. The summed E-state index contributed by atoms with van der Waals surface area (Å²) in [6.45, 7) is 0. The Morgan fingerprint density at radius 2 is 1.83 bits per heavy atom. The molecule has 0 bridgehead atoms. The first-order chi connectivity index (χ1) is 11.3. The number of rotatable bonds is 6. The number of nitro groups is 1. The second-order valence-electron chi connectivity index (χ2n) is 5.01. The zero-order valence-electron chi connectivity index (χ0n) is 13.1. The van der Waals surface area contributed by atoms with Crippen LogP contribution in [0.15, 0.2) is 58.5 Å². The fourth-order valence-electron chi connectivity index (χ4n) is 1.84. The molecule has 0 heterocycles. The van der Waals surface area contributed by atoms with Crippen LogP contribution in [0.4, 0.5) is 11.4 Å². The van der Waals surface area contributed by atoms with E-state index in [-0.39, 0.29) is 16.3 Å². The molecule has 0 spiro atoms. The normalized spacial score (nSPS) is 11.8. The van der Waals surface area contributed by atoms with Crippen molar-refractivity contribution in [1.82, 2.24) is 4.31 Å². The smallest absolute Gasteiger partial charge is 0.270 e. The Labute approximate surface area is 139 Å². The Hall–Kier alpha value is -2.78. The maximum absolute atomic E-state index is 12.4. The number of non-ortho nitro benzene ring substituents is 1. The highest BCUT2D eigenvalue weighted by atomic mass is 32.2. The lowest BCUT2D eigenvalue weighted by atomic mass is 10.2. The lowest BCUT2D eigenvalue weighted by Crippen LogP contribution is -2.23. The maximum Gasteiger partial charge on any atom is 0.270 e. The molecule has 0 aliphatic heterocycles. The number of nitrogens with one attached hydrogen (secondary N) is 1. The summed E-state index contributed by atoms with van der Waals surface area (Å²) in [5.74, 6) is 0. The fourth-order valence-corrected chi connectivity index (χ4v) is 2.90. The van der Waals surface area contributed by atoms with Gasteiger partial charge >= 0.3 is 0 Å². The third-order valence-electron chi connectivity index (χ3n) is 3.13. The van der Waals surface area contributed by atoms with Crippen molar-refractivity contribution in [3.05, 3.63) is 64.2 Å². The summed E-state index contributed by atoms with van der Waals surface area (Å²) in [7, 11) is -1.16. The summed E-state index contributed by atoms with van der Waals surface area (Å²) in [5.41, 5.74) is 3.30. The van der Waals surface area contributed by atoms with Crippen molar-refractivity contribution < 1.29 is 13.3 Å². The van der Waals surface area contributed by atoms with Gasteiger partial charge in [-0.1, -0.05) is 30.3 Å². The number of anilines is 1. The van der Waals surface area contributed by atoms with E-state index in [9.17, 15) is 18.5 Å². The van der Waals surface area contributed by atoms with Crippen molar-refractivity contribution in [2.24, 2.45) is 5.10 Å². The molecule has 0 aromatic heterocycles. The van der Waals surface area contributed by atoms with Gasteiger partial charge in [0.15, 0.2) is 0 Å². The topological polar surface area (TPSA) is 105 Å². The number of nitrogens with zero attached hydrogens (tertiary/aromatic N) is 3. The predicted molar refractivity (Wildman–Crippen MR) is 91.6 cm³/mol. The summed E-state index contributed by atoms with van der Waals surface area (Å²) in [6, 6.07) is 12.8. The monoisotopic (exact) mass is 348 g/mol. The van der Waals surface area contributed by atoms with Crippen LogP contribution >= 0.6 is 0 Å². The average molecular weight is 348 g/mol. The van der Waals surface area contributed by atoms with E-state index in [0.717, 1.165) is 15.9 Å². The Kier molecular flexibility index (Phi) is 5.27. The van der Waals surface area contributed by atoms with Crippen molar-refractivity contribution >= 4 is 27.6 Å². The van der Waals surface area contributed by atoms with Gasteiger partial charge in [0.2, 0.25) is 10.0 Å². The third-order valence-corrected chi connectivity index (χ3v) is 4.99. The molecular formula is C15H16N4O4S. The van der Waals surface area contributed by atoms with Gasteiger partial charge in [-0.2, -0.15) is 5.10 Å². The highest BCUT2D eigenvalue weighted by molar-refractivity contribution is 7.89. The van der Waals surface area contributed by atoms with Crippen LogP contribution in [-0.2, 0) is 10.0 Å². The van der Waals surface area contributed by atoms with Crippen LogP contribution < -0.4 is 5.43 Å². The minimum absolute atomic E-state index is 0.154. The molecule has 126 valence electrons. The van der Waals surface area contributed by atoms with Gasteiger partial charge < -0.3 is 0 Å². The first-order valence-electron chi connectivity index (χ1n) is 6.87. The summed E-state index contributed by atoms with van der Waals surface area (Å²) in [5, 5.41) is 14.9. The summed E-state index contributed by atoms with van der Waals surface area (Å²) < 4.78 is 25.7. The van der Waals surface area contributed by atoms with Crippen molar-refractivity contribution in [1.29, 1.82) is 0 Å². The average Bonchev–Trinajstić information content (AvgIpc) is 2.55. The number of hydrogen-bond donors (Lipinski definition) is 1. The van der Waals surface area contributed by atoms with E-state index in [4.69, 9.17) is 0 Å². The second kappa shape index (κ2) is 7.20. The number of benzene rings is 2. The van der Waals surface area contributed by atoms with Crippen LogP contribution in [-0.4, -0.2) is 38.0 Å². The van der Waals surface area contributed by atoms with Crippen LogP contribution in [0.5, 0.6) is 0 Å². The van der Waals surface area contributed by atoms with Crippen molar-refractivity contribution in [2.75, 3.05) is 19.5 Å². The van der Waals surface area contributed by atoms with E-state index < -0.39 is 14.9 Å². The van der Waals surface area contributed by atoms with Crippen LogP contribution in [0.3, 0.4) is 0 Å². The van der Waals surface area contributed by atoms with Crippen LogP contribution in [0, 0.1) is 10.1 Å². The Morgan fingerprint density at radius 3 is 2.42 bits per heavy atom. The van der Waals surface area contributed by atoms with E-state index in [1.807, 2.05) is 30.3 Å². The molecule has 0 aliphatic rings. The lowest BCUT2D eigenvalue weighted by molar-refractivity contribution is -0.385. The molecule has 0 saturated carbocycles. The summed E-state index contributed by atoms with van der Waals surface area (Å²) in [4.78, 5) is 10.0. The molecule has 9 heteroatoms. The minimum Gasteiger partial charge on any atom is -0.277 e. The zero-order valence-corrected chi connectivity index (χ0v) is 13.9. The Bertz CT molecular complexity index is 864. The molecule has 0 atom stereocenters. The molecule has 2 aromatic rings. The van der Waals surface area contributed by atoms with E-state index >= 15 is 0 Å². The van der Waals surface area contributed by atoms with Gasteiger partial charge in [0.05, 0.1) is 16.8 Å². The summed E-state index contributed by atoms with van der Waals surface area (Å²) >= 11 is 0. The van der Waals surface area contributed by atoms with E-state index in [1.54, 1.807) is 0 Å².